The molecule has 2 fully saturated rings. The van der Waals surface area contributed by atoms with Gasteiger partial charge < -0.3 is 10.1 Å². The minimum atomic E-state index is 0.355. The van der Waals surface area contributed by atoms with Gasteiger partial charge in [0, 0.05) is 16.6 Å². The molecule has 0 amide bonds. The molecule has 4 heteroatoms. The smallest absolute Gasteiger partial charge is 0.137 e. The van der Waals surface area contributed by atoms with Gasteiger partial charge in [-0.1, -0.05) is 31.4 Å². The lowest BCUT2D eigenvalue weighted by molar-refractivity contribution is 0.383. The number of hydrogen-bond acceptors (Lipinski definition) is 2. The lowest BCUT2D eigenvalue weighted by Gasteiger charge is -2.22. The second-order valence-corrected chi connectivity index (χ2v) is 7.53. The molecule has 2 saturated carbocycles. The molecule has 1 aromatic carbocycles. The standard InChI is InChI=1S/C17H23BrClNO/c1-3-20-16(15-11-6-4-5-7-12(11)15)13-8-10(19)9-14(18)17(13)21-2/h8-9,11-12,15-16,20H,3-7H2,1-2H3. The second-order valence-electron chi connectivity index (χ2n) is 6.23. The largest absolute Gasteiger partial charge is 0.495 e. The van der Waals surface area contributed by atoms with E-state index in [4.69, 9.17) is 16.3 Å². The first-order valence-corrected chi connectivity index (χ1v) is 9.10. The Kier molecular flexibility index (Phi) is 4.82. The first-order valence-electron chi connectivity index (χ1n) is 7.93. The van der Waals surface area contributed by atoms with Gasteiger partial charge in [-0.2, -0.15) is 0 Å². The summed E-state index contributed by atoms with van der Waals surface area (Å²) in [7, 11) is 1.74. The number of hydrogen-bond donors (Lipinski definition) is 1. The molecule has 0 spiro atoms. The Balaban J connectivity index is 1.94. The number of fused-ring (bicyclic) bond motifs is 1. The Bertz CT molecular complexity index is 510. The Morgan fingerprint density at radius 2 is 2.00 bits per heavy atom. The molecule has 3 rings (SSSR count). The number of halogens is 2. The van der Waals surface area contributed by atoms with Crippen molar-refractivity contribution in [3.8, 4) is 5.75 Å². The minimum Gasteiger partial charge on any atom is -0.495 e. The first kappa shape index (κ1) is 15.6. The number of benzene rings is 1. The molecular weight excluding hydrogens is 350 g/mol. The van der Waals surface area contributed by atoms with Crippen molar-refractivity contribution in [3.63, 3.8) is 0 Å². The van der Waals surface area contributed by atoms with Gasteiger partial charge in [0.05, 0.1) is 11.6 Å². The zero-order valence-corrected chi connectivity index (χ0v) is 15.0. The fraction of sp³-hybridized carbons (Fsp3) is 0.647. The molecule has 1 aromatic rings. The molecule has 3 atom stereocenters. The van der Waals surface area contributed by atoms with Gasteiger partial charge in [-0.3, -0.25) is 0 Å². The molecule has 21 heavy (non-hydrogen) atoms. The van der Waals surface area contributed by atoms with Crippen LogP contribution in [0.25, 0.3) is 0 Å². The molecule has 0 saturated heterocycles. The third kappa shape index (κ3) is 2.97. The fourth-order valence-corrected chi connectivity index (χ4v) is 5.24. The second kappa shape index (κ2) is 6.47. The van der Waals surface area contributed by atoms with Crippen molar-refractivity contribution in [1.29, 1.82) is 0 Å². The summed E-state index contributed by atoms with van der Waals surface area (Å²) in [5.74, 6) is 3.45. The highest BCUT2D eigenvalue weighted by atomic mass is 79.9. The zero-order chi connectivity index (χ0) is 15.0. The van der Waals surface area contributed by atoms with E-state index in [0.717, 1.165) is 39.5 Å². The lowest BCUT2D eigenvalue weighted by atomic mass is 9.98. The predicted molar refractivity (Wildman–Crippen MR) is 91.1 cm³/mol. The van der Waals surface area contributed by atoms with Crippen LogP contribution in [-0.4, -0.2) is 13.7 Å². The highest BCUT2D eigenvalue weighted by molar-refractivity contribution is 9.10. The SMILES string of the molecule is CCNC(c1cc(Cl)cc(Br)c1OC)C1C2CCCCC21. The van der Waals surface area contributed by atoms with E-state index in [2.05, 4.69) is 34.2 Å². The van der Waals surface area contributed by atoms with Crippen LogP contribution in [0, 0.1) is 17.8 Å². The van der Waals surface area contributed by atoms with E-state index in [-0.39, 0.29) is 0 Å². The van der Waals surface area contributed by atoms with Crippen LogP contribution in [0.4, 0.5) is 0 Å². The summed E-state index contributed by atoms with van der Waals surface area (Å²) in [4.78, 5) is 0. The van der Waals surface area contributed by atoms with E-state index >= 15 is 0 Å². The van der Waals surface area contributed by atoms with Gasteiger partial charge >= 0.3 is 0 Å². The molecule has 0 aliphatic heterocycles. The van der Waals surface area contributed by atoms with E-state index in [0.29, 0.717) is 6.04 Å². The summed E-state index contributed by atoms with van der Waals surface area (Å²) >= 11 is 9.87. The zero-order valence-electron chi connectivity index (χ0n) is 12.7. The third-order valence-electron chi connectivity index (χ3n) is 5.11. The van der Waals surface area contributed by atoms with Gasteiger partial charge in [0.1, 0.15) is 5.75 Å². The van der Waals surface area contributed by atoms with Gasteiger partial charge in [-0.15, -0.1) is 0 Å². The molecule has 2 aliphatic carbocycles. The van der Waals surface area contributed by atoms with Crippen molar-refractivity contribution in [3.05, 3.63) is 27.2 Å². The summed E-state index contributed by atoms with van der Waals surface area (Å²) in [6.45, 7) is 3.14. The summed E-state index contributed by atoms with van der Waals surface area (Å²) in [5, 5.41) is 4.45. The first-order chi connectivity index (χ1) is 10.2. The van der Waals surface area contributed by atoms with Crippen molar-refractivity contribution in [2.75, 3.05) is 13.7 Å². The molecule has 0 aromatic heterocycles. The fourth-order valence-electron chi connectivity index (χ4n) is 4.24. The summed E-state index contributed by atoms with van der Waals surface area (Å²) in [5.41, 5.74) is 1.21. The van der Waals surface area contributed by atoms with Crippen LogP contribution in [0.1, 0.15) is 44.2 Å². The lowest BCUT2D eigenvalue weighted by Crippen LogP contribution is -2.24. The van der Waals surface area contributed by atoms with E-state index in [1.165, 1.54) is 31.2 Å². The average Bonchev–Trinajstić information content (AvgIpc) is 3.18. The summed E-state index contributed by atoms with van der Waals surface area (Å²) < 4.78 is 6.59. The van der Waals surface area contributed by atoms with Crippen LogP contribution >= 0.6 is 27.5 Å². The van der Waals surface area contributed by atoms with Gasteiger partial charge in [0.15, 0.2) is 0 Å². The van der Waals surface area contributed by atoms with Gasteiger partial charge in [0.25, 0.3) is 0 Å². The van der Waals surface area contributed by atoms with E-state index in [1.807, 2.05) is 6.07 Å². The molecule has 3 unspecified atom stereocenters. The number of methoxy groups -OCH3 is 1. The Morgan fingerprint density at radius 3 is 2.57 bits per heavy atom. The van der Waals surface area contributed by atoms with Crippen molar-refractivity contribution >= 4 is 27.5 Å². The maximum atomic E-state index is 6.29. The van der Waals surface area contributed by atoms with Gasteiger partial charge in [-0.05, 0) is 65.2 Å². The molecule has 2 nitrogen and oxygen atoms in total. The highest BCUT2D eigenvalue weighted by Gasteiger charge is 2.54. The maximum absolute atomic E-state index is 6.29. The van der Waals surface area contributed by atoms with E-state index < -0.39 is 0 Å². The molecule has 116 valence electrons. The number of nitrogens with one attached hydrogen (secondary N) is 1. The topological polar surface area (TPSA) is 21.3 Å². The summed E-state index contributed by atoms with van der Waals surface area (Å²) in [6.07, 6.45) is 5.57. The number of ether oxygens (including phenoxy) is 1. The van der Waals surface area contributed by atoms with E-state index in [1.54, 1.807) is 7.11 Å². The predicted octanol–water partition coefficient (Wildman–Crippen LogP) is 5.20. The van der Waals surface area contributed by atoms with Crippen LogP contribution in [0.2, 0.25) is 5.02 Å². The van der Waals surface area contributed by atoms with Gasteiger partial charge in [-0.25, -0.2) is 0 Å². The maximum Gasteiger partial charge on any atom is 0.137 e. The molecule has 0 bridgehead atoms. The quantitative estimate of drug-likeness (QED) is 0.767. The minimum absolute atomic E-state index is 0.355. The van der Waals surface area contributed by atoms with Crippen molar-refractivity contribution < 1.29 is 4.74 Å². The van der Waals surface area contributed by atoms with Gasteiger partial charge in [0.2, 0.25) is 0 Å². The Labute approximate surface area is 140 Å². The molecule has 0 radical (unpaired) electrons. The van der Waals surface area contributed by atoms with E-state index in [9.17, 15) is 0 Å². The van der Waals surface area contributed by atoms with Crippen LogP contribution in [0.15, 0.2) is 16.6 Å². The third-order valence-corrected chi connectivity index (χ3v) is 5.92. The van der Waals surface area contributed by atoms with Crippen LogP contribution < -0.4 is 10.1 Å². The Morgan fingerprint density at radius 1 is 1.33 bits per heavy atom. The van der Waals surface area contributed by atoms with Crippen molar-refractivity contribution in [1.82, 2.24) is 5.32 Å². The van der Waals surface area contributed by atoms with Crippen LogP contribution in [0.5, 0.6) is 5.75 Å². The summed E-state index contributed by atoms with van der Waals surface area (Å²) in [6, 6.07) is 4.34. The molecular formula is C17H23BrClNO. The average molecular weight is 373 g/mol. The number of rotatable bonds is 5. The van der Waals surface area contributed by atoms with Crippen LogP contribution in [-0.2, 0) is 0 Å². The Hall–Kier alpha value is -0.250. The monoisotopic (exact) mass is 371 g/mol. The van der Waals surface area contributed by atoms with Crippen molar-refractivity contribution in [2.24, 2.45) is 17.8 Å². The van der Waals surface area contributed by atoms with Crippen LogP contribution in [0.3, 0.4) is 0 Å². The molecule has 0 heterocycles. The molecule has 2 aliphatic rings. The highest BCUT2D eigenvalue weighted by Crippen LogP contribution is 2.61. The molecule has 1 N–H and O–H groups in total. The normalized spacial score (nSPS) is 28.9. The van der Waals surface area contributed by atoms with Crippen molar-refractivity contribution in [2.45, 2.75) is 38.6 Å².